The van der Waals surface area contributed by atoms with Crippen LogP contribution >= 0.6 is 33.7 Å². The third kappa shape index (κ3) is 9.88. The molecule has 0 aliphatic heterocycles. The van der Waals surface area contributed by atoms with Crippen LogP contribution in [-0.2, 0) is 9.13 Å². The van der Waals surface area contributed by atoms with Gasteiger partial charge in [0.1, 0.15) is 46.1 Å². The molecule has 7 rings (SSSR count). The minimum absolute atomic E-state index is 0.191. The number of methoxy groups -OCH3 is 2. The summed E-state index contributed by atoms with van der Waals surface area (Å²) in [7, 11) is -8.70. The Balaban J connectivity index is 1.34. The monoisotopic (exact) mass is 894 g/mol. The standard InChI is InChI=1S/C38H34N4O14P4/c1-51-31-19-30(38-41-35(23-7-15-27(16-8-23)55-59(47)48)36(42-38)24-9-17-28(18-10-24)56-60(49)50)32(52-2)20-29(31)37-39-33(21-3-11-25(12-4-21)53-57(43)44)34(40-37)22-5-13-26(14-6-22)54-58(45)46/h3-20,43-46,59-60H,1-2H3,(H,39,40)(H,41,42)(H,47,48)(H,49,50). The van der Waals surface area contributed by atoms with E-state index >= 15 is 0 Å². The van der Waals surface area contributed by atoms with Crippen LogP contribution in [0.1, 0.15) is 0 Å². The van der Waals surface area contributed by atoms with Gasteiger partial charge >= 0.3 is 33.7 Å². The van der Waals surface area contributed by atoms with Crippen molar-refractivity contribution in [3.8, 4) is 102 Å². The molecule has 0 spiro atoms. The lowest BCUT2D eigenvalue weighted by atomic mass is 10.0. The molecule has 2 aromatic heterocycles. The number of rotatable bonds is 16. The molecule has 2 atom stereocenters. The molecule has 0 saturated carbocycles. The lowest BCUT2D eigenvalue weighted by molar-refractivity contribution is 0.373. The van der Waals surface area contributed by atoms with Crippen molar-refractivity contribution in [3.05, 3.63) is 109 Å². The predicted octanol–water partition coefficient (Wildman–Crippen LogP) is 7.85. The molecule has 8 N–H and O–H groups in total. The Morgan fingerprint density at radius 1 is 0.500 bits per heavy atom. The zero-order valence-electron chi connectivity index (χ0n) is 31.1. The smallest absolute Gasteiger partial charge is 0.391 e. The third-order valence-corrected chi connectivity index (χ3v) is 10.3. The van der Waals surface area contributed by atoms with Crippen LogP contribution in [0.2, 0.25) is 0 Å². The molecule has 0 radical (unpaired) electrons. The highest BCUT2D eigenvalue weighted by molar-refractivity contribution is 7.40. The van der Waals surface area contributed by atoms with Crippen LogP contribution in [0.5, 0.6) is 34.5 Å². The van der Waals surface area contributed by atoms with Crippen molar-refractivity contribution in [2.45, 2.75) is 0 Å². The second kappa shape index (κ2) is 18.8. The number of aromatic amines is 2. The number of hydrogen-bond donors (Lipinski definition) is 8. The lowest BCUT2D eigenvalue weighted by Gasteiger charge is -2.13. The van der Waals surface area contributed by atoms with Gasteiger partial charge in [-0.05, 0) is 109 Å². The molecule has 0 aliphatic rings. The molecule has 22 heteroatoms. The number of nitrogens with zero attached hydrogens (tertiary/aromatic N) is 2. The number of aromatic nitrogens is 4. The Morgan fingerprint density at radius 2 is 0.817 bits per heavy atom. The van der Waals surface area contributed by atoms with E-state index in [9.17, 15) is 38.5 Å². The summed E-state index contributed by atoms with van der Waals surface area (Å²) in [6.07, 6.45) is 0. The van der Waals surface area contributed by atoms with Gasteiger partial charge in [0.2, 0.25) is 0 Å². The van der Waals surface area contributed by atoms with Crippen molar-refractivity contribution < 1.29 is 66.1 Å². The van der Waals surface area contributed by atoms with Crippen LogP contribution in [0.4, 0.5) is 0 Å². The first-order valence-electron chi connectivity index (χ1n) is 17.3. The molecule has 7 aromatic rings. The van der Waals surface area contributed by atoms with Gasteiger partial charge in [0, 0.05) is 22.3 Å². The number of imidazole rings is 2. The van der Waals surface area contributed by atoms with E-state index in [0.717, 1.165) is 0 Å². The van der Waals surface area contributed by atoms with Crippen molar-refractivity contribution in [1.82, 2.24) is 19.9 Å². The zero-order chi connectivity index (χ0) is 42.5. The average molecular weight is 895 g/mol. The molecule has 0 amide bonds. The van der Waals surface area contributed by atoms with Gasteiger partial charge in [-0.1, -0.05) is 0 Å². The topological polar surface area (TPSA) is 268 Å². The summed E-state index contributed by atoms with van der Waals surface area (Å²) in [5.74, 6) is 2.38. The number of hydrogen-bond acceptors (Lipinski definition) is 14. The first kappa shape index (κ1) is 42.5. The molecule has 0 aliphatic carbocycles. The minimum Gasteiger partial charge on any atom is -0.496 e. The van der Waals surface area contributed by atoms with Crippen LogP contribution in [0.15, 0.2) is 109 Å². The largest absolute Gasteiger partial charge is 0.496 e. The first-order valence-corrected chi connectivity index (χ1v) is 22.2. The summed E-state index contributed by atoms with van der Waals surface area (Å²) in [6, 6.07) is 29.5. The number of ether oxygens (including phenoxy) is 2. The summed E-state index contributed by atoms with van der Waals surface area (Å²) in [4.78, 5) is 72.6. The molecule has 60 heavy (non-hydrogen) atoms. The molecule has 18 nitrogen and oxygen atoms in total. The van der Waals surface area contributed by atoms with E-state index in [0.29, 0.717) is 79.3 Å². The maximum absolute atomic E-state index is 11.3. The van der Waals surface area contributed by atoms with Gasteiger partial charge in [-0.3, -0.25) is 0 Å². The lowest BCUT2D eigenvalue weighted by Crippen LogP contribution is -1.96. The van der Waals surface area contributed by atoms with Crippen molar-refractivity contribution in [2.24, 2.45) is 0 Å². The SMILES string of the molecule is COc1cc(-c2nc(-c3ccc(O[PH](=O)O)cc3)c(-c3ccc(O[PH](=O)O)cc3)[nH]2)c(OC)cc1-c1nc(-c2ccc(OP(O)O)cc2)c(-c2ccc(OP(O)O)cc2)[nH]1. The van der Waals surface area contributed by atoms with E-state index in [1.54, 1.807) is 97.1 Å². The normalized spacial score (nSPS) is 12.3. The van der Waals surface area contributed by atoms with Crippen molar-refractivity contribution in [3.63, 3.8) is 0 Å². The molecule has 0 bridgehead atoms. The second-order valence-electron chi connectivity index (χ2n) is 12.4. The van der Waals surface area contributed by atoms with E-state index in [4.69, 9.17) is 37.5 Å². The van der Waals surface area contributed by atoms with Gasteiger partial charge in [0.25, 0.3) is 0 Å². The molecule has 310 valence electrons. The van der Waals surface area contributed by atoms with E-state index in [-0.39, 0.29) is 23.0 Å². The highest BCUT2D eigenvalue weighted by atomic mass is 31.2. The van der Waals surface area contributed by atoms with E-state index in [2.05, 4.69) is 9.97 Å². The van der Waals surface area contributed by atoms with E-state index < -0.39 is 33.7 Å². The number of benzene rings is 5. The van der Waals surface area contributed by atoms with Crippen molar-refractivity contribution >= 4 is 33.7 Å². The molecule has 2 heterocycles. The Bertz CT molecular complexity index is 2490. The fourth-order valence-electron chi connectivity index (χ4n) is 6.22. The molecule has 0 saturated heterocycles. The second-order valence-corrected chi connectivity index (χ2v) is 15.2. The van der Waals surface area contributed by atoms with Gasteiger partial charge in [0.05, 0.1) is 48.1 Å². The number of nitrogens with one attached hydrogen (secondary N) is 2. The molecular weight excluding hydrogens is 860 g/mol. The summed E-state index contributed by atoms with van der Waals surface area (Å²) in [5, 5.41) is 0. The van der Waals surface area contributed by atoms with Gasteiger partial charge < -0.3 is 66.9 Å². The van der Waals surface area contributed by atoms with Crippen LogP contribution in [0.3, 0.4) is 0 Å². The van der Waals surface area contributed by atoms with Crippen molar-refractivity contribution in [2.75, 3.05) is 14.2 Å². The van der Waals surface area contributed by atoms with Crippen LogP contribution in [0.25, 0.3) is 67.8 Å². The maximum atomic E-state index is 11.3. The number of H-pyrrole nitrogens is 2. The average Bonchev–Trinajstić information content (AvgIpc) is 3.87. The fourth-order valence-corrected chi connectivity index (χ4v) is 7.52. The summed E-state index contributed by atoms with van der Waals surface area (Å²) in [5.41, 5.74) is 5.70. The van der Waals surface area contributed by atoms with Crippen LogP contribution in [0, 0.1) is 0 Å². The quantitative estimate of drug-likeness (QED) is 0.0429. The maximum Gasteiger partial charge on any atom is 0.391 e. The Hall–Kier alpha value is -5.60. The van der Waals surface area contributed by atoms with Crippen LogP contribution in [-0.4, -0.2) is 63.5 Å². The minimum atomic E-state index is -3.23. The van der Waals surface area contributed by atoms with E-state index in [1.165, 1.54) is 26.4 Å². The molecule has 5 aromatic carbocycles. The van der Waals surface area contributed by atoms with Gasteiger partial charge in [-0.25, -0.2) is 19.1 Å². The highest BCUT2D eigenvalue weighted by Crippen LogP contribution is 2.44. The summed E-state index contributed by atoms with van der Waals surface area (Å²) >= 11 is 0. The van der Waals surface area contributed by atoms with E-state index in [1.807, 2.05) is 0 Å². The van der Waals surface area contributed by atoms with Crippen molar-refractivity contribution in [1.29, 1.82) is 0 Å². The van der Waals surface area contributed by atoms with Gasteiger partial charge in [-0.15, -0.1) is 0 Å². The third-order valence-electron chi connectivity index (χ3n) is 8.77. The van der Waals surface area contributed by atoms with Crippen LogP contribution < -0.4 is 27.6 Å². The van der Waals surface area contributed by atoms with Gasteiger partial charge in [-0.2, -0.15) is 0 Å². The molecule has 0 fully saturated rings. The summed E-state index contributed by atoms with van der Waals surface area (Å²) < 4.78 is 54.5. The highest BCUT2D eigenvalue weighted by Gasteiger charge is 2.24. The fraction of sp³-hybridized carbons (Fsp3) is 0.0526. The Kier molecular flexibility index (Phi) is 13.3. The summed E-state index contributed by atoms with van der Waals surface area (Å²) in [6.45, 7) is 0. The Morgan fingerprint density at radius 3 is 1.12 bits per heavy atom. The molecular formula is C38H34N4O14P4. The Labute approximate surface area is 344 Å². The zero-order valence-corrected chi connectivity index (χ0v) is 34.9. The first-order chi connectivity index (χ1) is 28.9. The predicted molar refractivity (Wildman–Crippen MR) is 224 cm³/mol. The van der Waals surface area contributed by atoms with Gasteiger partial charge in [0.15, 0.2) is 0 Å². The molecule has 2 unspecified atom stereocenters.